The van der Waals surface area contributed by atoms with Crippen LogP contribution in [0.5, 0.6) is 5.75 Å². The van der Waals surface area contributed by atoms with Gasteiger partial charge in [-0.3, -0.25) is 4.79 Å². The SMILES string of the molecule is COc1ccc(-n2nc(C)c(C(=O)N[C@@H](Cc3ccccc3)Cn3ccnc3)c2Cl)cc1. The predicted octanol–water partition coefficient (Wildman–Crippen LogP) is 4.08. The van der Waals surface area contributed by atoms with Crippen molar-refractivity contribution < 1.29 is 9.53 Å². The topological polar surface area (TPSA) is 74.0 Å². The van der Waals surface area contributed by atoms with Crippen LogP contribution in [0.25, 0.3) is 5.69 Å². The number of aryl methyl sites for hydroxylation is 1. The van der Waals surface area contributed by atoms with Crippen molar-refractivity contribution in [2.75, 3.05) is 7.11 Å². The van der Waals surface area contributed by atoms with E-state index in [1.54, 1.807) is 31.2 Å². The van der Waals surface area contributed by atoms with E-state index in [-0.39, 0.29) is 17.1 Å². The third-order valence-electron chi connectivity index (χ3n) is 5.20. The molecule has 4 aromatic rings. The molecule has 0 aliphatic rings. The standard InChI is InChI=1S/C24H24ClN5O2/c1-17-22(23(25)30(28-17)20-8-10-21(32-2)11-9-20)24(31)27-19(15-29-13-12-26-16-29)14-18-6-4-3-5-7-18/h3-13,16,19H,14-15H2,1-2H3,(H,27,31)/t19-/m0/s1. The number of nitrogens with one attached hydrogen (secondary N) is 1. The Bertz CT molecular complexity index is 1170. The molecule has 1 N–H and O–H groups in total. The quantitative estimate of drug-likeness (QED) is 0.440. The Morgan fingerprint density at radius 2 is 1.91 bits per heavy atom. The second kappa shape index (κ2) is 9.70. The highest BCUT2D eigenvalue weighted by Crippen LogP contribution is 2.25. The molecule has 2 aromatic carbocycles. The van der Waals surface area contributed by atoms with E-state index in [1.165, 1.54) is 0 Å². The zero-order valence-corrected chi connectivity index (χ0v) is 18.7. The van der Waals surface area contributed by atoms with E-state index in [1.807, 2.05) is 65.4 Å². The largest absolute Gasteiger partial charge is 0.497 e. The summed E-state index contributed by atoms with van der Waals surface area (Å²) in [5.41, 5.74) is 2.81. The van der Waals surface area contributed by atoms with Crippen molar-refractivity contribution in [3.05, 3.63) is 95.3 Å². The van der Waals surface area contributed by atoms with Crippen molar-refractivity contribution >= 4 is 17.5 Å². The first-order chi connectivity index (χ1) is 15.5. The summed E-state index contributed by atoms with van der Waals surface area (Å²) in [7, 11) is 1.61. The van der Waals surface area contributed by atoms with Crippen LogP contribution in [0.1, 0.15) is 21.6 Å². The van der Waals surface area contributed by atoms with Crippen LogP contribution < -0.4 is 10.1 Å². The lowest BCUT2D eigenvalue weighted by Gasteiger charge is -2.19. The Morgan fingerprint density at radius 3 is 2.56 bits per heavy atom. The van der Waals surface area contributed by atoms with E-state index in [4.69, 9.17) is 16.3 Å². The molecule has 0 aliphatic heterocycles. The van der Waals surface area contributed by atoms with Gasteiger partial charge in [0.2, 0.25) is 0 Å². The van der Waals surface area contributed by atoms with E-state index < -0.39 is 0 Å². The van der Waals surface area contributed by atoms with E-state index in [2.05, 4.69) is 15.4 Å². The number of methoxy groups -OCH3 is 1. The van der Waals surface area contributed by atoms with Crippen LogP contribution in [-0.4, -0.2) is 38.4 Å². The maximum atomic E-state index is 13.3. The number of carbonyl (C=O) groups is 1. The summed E-state index contributed by atoms with van der Waals surface area (Å²) < 4.78 is 8.72. The van der Waals surface area contributed by atoms with Gasteiger partial charge in [0.05, 0.1) is 36.4 Å². The Hall–Kier alpha value is -3.58. The summed E-state index contributed by atoms with van der Waals surface area (Å²) in [4.78, 5) is 17.4. The molecule has 0 aliphatic carbocycles. The van der Waals surface area contributed by atoms with Crippen molar-refractivity contribution in [2.24, 2.45) is 0 Å². The molecule has 0 radical (unpaired) electrons. The summed E-state index contributed by atoms with van der Waals surface area (Å²) in [6.45, 7) is 2.37. The van der Waals surface area contributed by atoms with Gasteiger partial charge in [-0.2, -0.15) is 5.10 Å². The first-order valence-corrected chi connectivity index (χ1v) is 10.6. The maximum Gasteiger partial charge on any atom is 0.256 e. The molecular weight excluding hydrogens is 426 g/mol. The number of ether oxygens (including phenoxy) is 1. The lowest BCUT2D eigenvalue weighted by molar-refractivity contribution is 0.0932. The number of hydrogen-bond donors (Lipinski definition) is 1. The fourth-order valence-electron chi connectivity index (χ4n) is 3.62. The number of rotatable bonds is 8. The molecule has 32 heavy (non-hydrogen) atoms. The van der Waals surface area contributed by atoms with Crippen LogP contribution in [0.3, 0.4) is 0 Å². The first kappa shape index (κ1) is 21.6. The minimum absolute atomic E-state index is 0.154. The molecule has 1 atom stereocenters. The molecule has 8 heteroatoms. The smallest absolute Gasteiger partial charge is 0.256 e. The molecule has 164 valence electrons. The molecule has 2 aromatic heterocycles. The van der Waals surface area contributed by atoms with Crippen molar-refractivity contribution in [1.29, 1.82) is 0 Å². The summed E-state index contributed by atoms with van der Waals surface area (Å²) in [5, 5.41) is 7.90. The number of hydrogen-bond acceptors (Lipinski definition) is 4. The average molecular weight is 450 g/mol. The normalized spacial score (nSPS) is 11.8. The molecule has 1 amide bonds. The molecule has 0 saturated heterocycles. The van der Waals surface area contributed by atoms with Gasteiger partial charge in [0.1, 0.15) is 10.9 Å². The van der Waals surface area contributed by atoms with Crippen molar-refractivity contribution in [1.82, 2.24) is 24.6 Å². The molecule has 0 bridgehead atoms. The van der Waals surface area contributed by atoms with Gasteiger partial charge in [0.15, 0.2) is 0 Å². The van der Waals surface area contributed by atoms with Gasteiger partial charge in [-0.25, -0.2) is 9.67 Å². The van der Waals surface area contributed by atoms with Crippen LogP contribution in [0.15, 0.2) is 73.3 Å². The van der Waals surface area contributed by atoms with Crippen LogP contribution >= 0.6 is 11.6 Å². The third-order valence-corrected chi connectivity index (χ3v) is 5.55. The highest BCUT2D eigenvalue weighted by atomic mass is 35.5. The second-order valence-corrected chi connectivity index (χ2v) is 7.84. The maximum absolute atomic E-state index is 13.3. The monoisotopic (exact) mass is 449 g/mol. The van der Waals surface area contributed by atoms with Crippen molar-refractivity contribution in [2.45, 2.75) is 25.9 Å². The zero-order chi connectivity index (χ0) is 22.5. The molecule has 7 nitrogen and oxygen atoms in total. The highest BCUT2D eigenvalue weighted by molar-refractivity contribution is 6.33. The Morgan fingerprint density at radius 1 is 1.16 bits per heavy atom. The van der Waals surface area contributed by atoms with Gasteiger partial charge in [-0.15, -0.1) is 0 Å². The van der Waals surface area contributed by atoms with Crippen molar-refractivity contribution in [3.63, 3.8) is 0 Å². The van der Waals surface area contributed by atoms with Crippen molar-refractivity contribution in [3.8, 4) is 11.4 Å². The number of aromatic nitrogens is 4. The fourth-order valence-corrected chi connectivity index (χ4v) is 3.98. The molecule has 0 spiro atoms. The zero-order valence-electron chi connectivity index (χ0n) is 17.9. The summed E-state index contributed by atoms with van der Waals surface area (Å²) in [5.74, 6) is 0.475. The lowest BCUT2D eigenvalue weighted by Crippen LogP contribution is -2.39. The van der Waals surface area contributed by atoms with Crippen LogP contribution in [0.4, 0.5) is 0 Å². The average Bonchev–Trinajstić information content (AvgIpc) is 3.41. The van der Waals surface area contributed by atoms with E-state index in [9.17, 15) is 4.79 Å². The van der Waals surface area contributed by atoms with Gasteiger partial charge in [0.25, 0.3) is 5.91 Å². The van der Waals surface area contributed by atoms with Gasteiger partial charge >= 0.3 is 0 Å². The third kappa shape index (κ3) is 4.84. The number of benzene rings is 2. The summed E-state index contributed by atoms with van der Waals surface area (Å²) >= 11 is 6.61. The van der Waals surface area contributed by atoms with E-state index in [0.717, 1.165) is 17.0 Å². The number of nitrogens with zero attached hydrogens (tertiary/aromatic N) is 4. The molecular formula is C24H24ClN5O2. The molecule has 4 rings (SSSR count). The van der Waals surface area contributed by atoms with Crippen LogP contribution in [0.2, 0.25) is 5.15 Å². The lowest BCUT2D eigenvalue weighted by atomic mass is 10.1. The molecule has 0 unspecified atom stereocenters. The molecule has 2 heterocycles. The second-order valence-electron chi connectivity index (χ2n) is 7.48. The fraction of sp³-hybridized carbons (Fsp3) is 0.208. The minimum Gasteiger partial charge on any atom is -0.497 e. The molecule has 0 fully saturated rings. The Balaban J connectivity index is 1.57. The number of amides is 1. The minimum atomic E-state index is -0.256. The van der Waals surface area contributed by atoms with Crippen LogP contribution in [0, 0.1) is 6.92 Å². The number of carbonyl (C=O) groups excluding carboxylic acids is 1. The summed E-state index contributed by atoms with van der Waals surface area (Å²) in [6.07, 6.45) is 6.02. The van der Waals surface area contributed by atoms with Crippen LogP contribution in [-0.2, 0) is 13.0 Å². The van der Waals surface area contributed by atoms with E-state index >= 15 is 0 Å². The van der Waals surface area contributed by atoms with Gasteiger partial charge < -0.3 is 14.6 Å². The Labute approximate surface area is 191 Å². The van der Waals surface area contributed by atoms with Gasteiger partial charge in [-0.05, 0) is 43.2 Å². The predicted molar refractivity (Wildman–Crippen MR) is 123 cm³/mol. The Kier molecular flexibility index (Phi) is 6.56. The van der Waals surface area contributed by atoms with Gasteiger partial charge in [0, 0.05) is 18.9 Å². The summed E-state index contributed by atoms with van der Waals surface area (Å²) in [6, 6.07) is 17.2. The van der Waals surface area contributed by atoms with E-state index in [0.29, 0.717) is 24.2 Å². The first-order valence-electron chi connectivity index (χ1n) is 10.2. The highest BCUT2D eigenvalue weighted by Gasteiger charge is 2.24. The van der Waals surface area contributed by atoms with Gasteiger partial charge in [-0.1, -0.05) is 41.9 Å². The molecule has 0 saturated carbocycles. The number of halogens is 1. The number of imidazole rings is 1.